The molecule has 0 N–H and O–H groups in total. The van der Waals surface area contributed by atoms with Gasteiger partial charge in [0.25, 0.3) is 0 Å². The first kappa shape index (κ1) is 12.7. The number of rotatable bonds is 4. The lowest BCUT2D eigenvalue weighted by molar-refractivity contribution is 0.214. The third-order valence-corrected chi connectivity index (χ3v) is 5.33. The van der Waals surface area contributed by atoms with Gasteiger partial charge in [0.2, 0.25) is 0 Å². The molecule has 2 bridgehead atoms. The zero-order valence-corrected chi connectivity index (χ0v) is 12.7. The average Bonchev–Trinajstić information content (AvgIpc) is 2.94. The van der Waals surface area contributed by atoms with Gasteiger partial charge in [0.1, 0.15) is 0 Å². The summed E-state index contributed by atoms with van der Waals surface area (Å²) in [5.41, 5.74) is 1.42. The van der Waals surface area contributed by atoms with Crippen molar-refractivity contribution in [2.45, 2.75) is 32.2 Å². The molecule has 3 unspecified atom stereocenters. The fourth-order valence-corrected chi connectivity index (χ4v) is 4.23. The van der Waals surface area contributed by atoms with Crippen molar-refractivity contribution in [3.8, 4) is 0 Å². The Morgan fingerprint density at radius 1 is 1.17 bits per heavy atom. The van der Waals surface area contributed by atoms with Crippen molar-refractivity contribution in [1.29, 1.82) is 0 Å². The smallest absolute Gasteiger partial charge is 0.0230 e. The molecule has 0 aliphatic heterocycles. The summed E-state index contributed by atoms with van der Waals surface area (Å²) in [6.07, 6.45) is 6.03. The Morgan fingerprint density at radius 3 is 2.56 bits per heavy atom. The molecule has 2 fully saturated rings. The fourth-order valence-electron chi connectivity index (χ4n) is 3.97. The molecule has 3 rings (SSSR count). The molecule has 2 aliphatic carbocycles. The topological polar surface area (TPSA) is 3.24 Å². The minimum Gasteiger partial charge on any atom is -0.302 e. The molecular formula is C16H22BrN. The van der Waals surface area contributed by atoms with E-state index in [2.05, 4.69) is 52.1 Å². The van der Waals surface area contributed by atoms with Gasteiger partial charge >= 0.3 is 0 Å². The van der Waals surface area contributed by atoms with Crippen molar-refractivity contribution in [2.24, 2.45) is 17.8 Å². The lowest BCUT2D eigenvalue weighted by Crippen LogP contribution is -2.28. The van der Waals surface area contributed by atoms with Gasteiger partial charge in [-0.05, 0) is 61.8 Å². The van der Waals surface area contributed by atoms with Crippen LogP contribution in [0.2, 0.25) is 0 Å². The van der Waals surface area contributed by atoms with Crippen molar-refractivity contribution in [3.63, 3.8) is 0 Å². The monoisotopic (exact) mass is 307 g/mol. The Labute approximate surface area is 119 Å². The lowest BCUT2D eigenvalue weighted by Gasteiger charge is -2.27. The number of fused-ring (bicyclic) bond motifs is 2. The number of hydrogen-bond acceptors (Lipinski definition) is 1. The van der Waals surface area contributed by atoms with E-state index in [0.717, 1.165) is 24.3 Å². The van der Waals surface area contributed by atoms with Gasteiger partial charge in [-0.3, -0.25) is 0 Å². The second-order valence-corrected chi connectivity index (χ2v) is 7.17. The summed E-state index contributed by atoms with van der Waals surface area (Å²) in [7, 11) is 2.27. The molecule has 0 radical (unpaired) electrons. The van der Waals surface area contributed by atoms with E-state index in [0.29, 0.717) is 0 Å². The van der Waals surface area contributed by atoms with Crippen LogP contribution in [-0.2, 0) is 6.54 Å². The molecule has 1 aromatic carbocycles. The highest BCUT2D eigenvalue weighted by Crippen LogP contribution is 2.48. The Morgan fingerprint density at radius 2 is 1.94 bits per heavy atom. The molecule has 3 atom stereocenters. The molecule has 2 heteroatoms. The zero-order valence-electron chi connectivity index (χ0n) is 11.1. The summed E-state index contributed by atoms with van der Waals surface area (Å²) in [6, 6.07) is 8.73. The lowest BCUT2D eigenvalue weighted by atomic mass is 9.88. The van der Waals surface area contributed by atoms with E-state index in [4.69, 9.17) is 0 Å². The van der Waals surface area contributed by atoms with E-state index in [1.54, 1.807) is 0 Å². The molecule has 1 aromatic rings. The van der Waals surface area contributed by atoms with Gasteiger partial charge in [-0.1, -0.05) is 34.5 Å². The molecule has 18 heavy (non-hydrogen) atoms. The Balaban J connectivity index is 1.52. The third-order valence-electron chi connectivity index (χ3n) is 4.80. The summed E-state index contributed by atoms with van der Waals surface area (Å²) in [5.74, 6) is 3.09. The van der Waals surface area contributed by atoms with Gasteiger partial charge in [0, 0.05) is 17.6 Å². The number of halogens is 1. The van der Waals surface area contributed by atoms with Crippen LogP contribution in [0.1, 0.15) is 31.2 Å². The maximum atomic E-state index is 3.49. The molecule has 1 nitrogen and oxygen atoms in total. The van der Waals surface area contributed by atoms with E-state index in [9.17, 15) is 0 Å². The molecule has 0 saturated heterocycles. The maximum absolute atomic E-state index is 3.49. The minimum atomic E-state index is 0.976. The molecule has 2 saturated carbocycles. The van der Waals surface area contributed by atoms with Crippen LogP contribution >= 0.6 is 15.9 Å². The van der Waals surface area contributed by atoms with Crippen molar-refractivity contribution < 1.29 is 0 Å². The number of hydrogen-bond donors (Lipinski definition) is 0. The normalized spacial score (nSPS) is 30.3. The van der Waals surface area contributed by atoms with Crippen molar-refractivity contribution in [3.05, 3.63) is 34.3 Å². The molecule has 0 aromatic heterocycles. The van der Waals surface area contributed by atoms with Crippen LogP contribution < -0.4 is 0 Å². The molecule has 0 spiro atoms. The van der Waals surface area contributed by atoms with Gasteiger partial charge in [-0.2, -0.15) is 0 Å². The van der Waals surface area contributed by atoms with Crippen LogP contribution in [0.25, 0.3) is 0 Å². The highest BCUT2D eigenvalue weighted by molar-refractivity contribution is 9.10. The second kappa shape index (κ2) is 5.34. The average molecular weight is 308 g/mol. The zero-order chi connectivity index (χ0) is 12.5. The summed E-state index contributed by atoms with van der Waals surface area (Å²) < 4.78 is 1.17. The summed E-state index contributed by atoms with van der Waals surface area (Å²) in [4.78, 5) is 2.51. The third kappa shape index (κ3) is 2.80. The van der Waals surface area contributed by atoms with E-state index < -0.39 is 0 Å². The minimum absolute atomic E-state index is 0.976. The largest absolute Gasteiger partial charge is 0.302 e. The molecule has 0 heterocycles. The fraction of sp³-hybridized carbons (Fsp3) is 0.625. The Hall–Kier alpha value is -0.340. The molecule has 98 valence electrons. The molecule has 2 aliphatic rings. The summed E-state index contributed by atoms with van der Waals surface area (Å²) in [5, 5.41) is 0. The van der Waals surface area contributed by atoms with Gasteiger partial charge in [0.05, 0.1) is 0 Å². The Bertz CT molecular complexity index is 400. The van der Waals surface area contributed by atoms with Gasteiger partial charge < -0.3 is 4.90 Å². The Kier molecular flexibility index (Phi) is 3.76. The first-order chi connectivity index (χ1) is 8.70. The summed E-state index contributed by atoms with van der Waals surface area (Å²) in [6.45, 7) is 2.37. The quantitative estimate of drug-likeness (QED) is 0.801. The SMILES string of the molecule is CN(Cc1ccc(Br)cc1)CC1CC2CCC1C2. The molecule has 0 amide bonds. The number of benzene rings is 1. The van der Waals surface area contributed by atoms with Gasteiger partial charge in [-0.25, -0.2) is 0 Å². The maximum Gasteiger partial charge on any atom is 0.0230 e. The van der Waals surface area contributed by atoms with E-state index in [-0.39, 0.29) is 0 Å². The highest BCUT2D eigenvalue weighted by atomic mass is 79.9. The predicted molar refractivity (Wildman–Crippen MR) is 79.4 cm³/mol. The summed E-state index contributed by atoms with van der Waals surface area (Å²) >= 11 is 3.49. The number of nitrogens with zero attached hydrogens (tertiary/aromatic N) is 1. The first-order valence-corrected chi connectivity index (χ1v) is 7.93. The van der Waals surface area contributed by atoms with Crippen LogP contribution in [0.3, 0.4) is 0 Å². The van der Waals surface area contributed by atoms with Crippen LogP contribution in [0.4, 0.5) is 0 Å². The van der Waals surface area contributed by atoms with Gasteiger partial charge in [0.15, 0.2) is 0 Å². The van der Waals surface area contributed by atoms with E-state index >= 15 is 0 Å². The van der Waals surface area contributed by atoms with Crippen molar-refractivity contribution in [1.82, 2.24) is 4.90 Å². The van der Waals surface area contributed by atoms with Gasteiger partial charge in [-0.15, -0.1) is 0 Å². The molecular weight excluding hydrogens is 286 g/mol. The van der Waals surface area contributed by atoms with Crippen LogP contribution in [-0.4, -0.2) is 18.5 Å². The second-order valence-electron chi connectivity index (χ2n) is 6.26. The van der Waals surface area contributed by atoms with Crippen LogP contribution in [0.5, 0.6) is 0 Å². The predicted octanol–water partition coefficient (Wildman–Crippen LogP) is 4.32. The van der Waals surface area contributed by atoms with E-state index in [1.165, 1.54) is 42.3 Å². The van der Waals surface area contributed by atoms with Crippen LogP contribution in [0.15, 0.2) is 28.7 Å². The first-order valence-electron chi connectivity index (χ1n) is 7.13. The van der Waals surface area contributed by atoms with Crippen molar-refractivity contribution in [2.75, 3.05) is 13.6 Å². The van der Waals surface area contributed by atoms with Crippen LogP contribution in [0, 0.1) is 17.8 Å². The highest BCUT2D eigenvalue weighted by Gasteiger charge is 2.39. The van der Waals surface area contributed by atoms with E-state index in [1.807, 2.05) is 0 Å². The van der Waals surface area contributed by atoms with Crippen molar-refractivity contribution >= 4 is 15.9 Å². The standard InChI is InChI=1S/C16H22BrN/c1-18(10-12-3-6-16(17)7-4-12)11-15-9-13-2-5-14(15)8-13/h3-4,6-7,13-15H,2,5,8-11H2,1H3.